The molecule has 0 saturated heterocycles. The lowest BCUT2D eigenvalue weighted by atomic mass is 9.99. The van der Waals surface area contributed by atoms with E-state index in [1.807, 2.05) is 18.2 Å². The predicted molar refractivity (Wildman–Crippen MR) is 87.9 cm³/mol. The quantitative estimate of drug-likeness (QED) is 0.854. The average Bonchev–Trinajstić information content (AvgIpc) is 2.43. The molecule has 0 amide bonds. The summed E-state index contributed by atoms with van der Waals surface area (Å²) in [5, 5.41) is 4.04. The third-order valence-corrected chi connectivity index (χ3v) is 3.83. The van der Waals surface area contributed by atoms with Crippen LogP contribution in [0, 0.1) is 0 Å². The van der Waals surface area contributed by atoms with E-state index in [0.29, 0.717) is 10.8 Å². The average molecular weight is 355 g/mol. The first-order valence-electron chi connectivity index (χ1n) is 6.49. The number of nitrogen functional groups attached to an aromatic ring is 1. The van der Waals surface area contributed by atoms with Gasteiger partial charge in [-0.3, -0.25) is 0 Å². The van der Waals surface area contributed by atoms with Crippen molar-refractivity contribution in [2.45, 2.75) is 19.4 Å². The van der Waals surface area contributed by atoms with Gasteiger partial charge in [-0.1, -0.05) is 46.6 Å². The van der Waals surface area contributed by atoms with Crippen molar-refractivity contribution < 1.29 is 0 Å². The first-order chi connectivity index (χ1) is 9.60. The number of benzene rings is 1. The van der Waals surface area contributed by atoms with Crippen LogP contribution in [-0.4, -0.2) is 11.5 Å². The van der Waals surface area contributed by atoms with Gasteiger partial charge in [0.1, 0.15) is 5.82 Å². The van der Waals surface area contributed by atoms with Crippen molar-refractivity contribution in [1.29, 1.82) is 0 Å². The van der Waals surface area contributed by atoms with Crippen LogP contribution >= 0.6 is 27.5 Å². The topological polar surface area (TPSA) is 50.9 Å². The molecule has 0 radical (unpaired) electrons. The monoisotopic (exact) mass is 353 g/mol. The molecule has 1 aromatic carbocycles. The molecule has 2 aromatic rings. The van der Waals surface area contributed by atoms with Crippen LogP contribution in [0.25, 0.3) is 0 Å². The molecule has 0 aliphatic heterocycles. The lowest BCUT2D eigenvalue weighted by molar-refractivity contribution is 0.550. The maximum absolute atomic E-state index is 6.03. The molecule has 0 saturated carbocycles. The van der Waals surface area contributed by atoms with E-state index in [1.165, 1.54) is 5.56 Å². The number of nitrogens with one attached hydrogen (secondary N) is 1. The minimum Gasteiger partial charge on any atom is -0.383 e. The second-order valence-electron chi connectivity index (χ2n) is 4.57. The molecule has 0 spiro atoms. The summed E-state index contributed by atoms with van der Waals surface area (Å²) in [6.45, 7) is 2.93. The van der Waals surface area contributed by atoms with Crippen molar-refractivity contribution in [2.75, 3.05) is 12.3 Å². The number of anilines is 1. The lowest BCUT2D eigenvalue weighted by Crippen LogP contribution is -2.24. The molecule has 5 heteroatoms. The Balaban J connectivity index is 2.26. The predicted octanol–water partition coefficient (Wildman–Crippen LogP) is 3.97. The summed E-state index contributed by atoms with van der Waals surface area (Å²) in [5.41, 5.74) is 8.16. The molecule has 1 heterocycles. The van der Waals surface area contributed by atoms with E-state index < -0.39 is 0 Å². The van der Waals surface area contributed by atoms with Gasteiger partial charge in [0.05, 0.1) is 5.02 Å². The van der Waals surface area contributed by atoms with Crippen LogP contribution < -0.4 is 11.1 Å². The van der Waals surface area contributed by atoms with Crippen LogP contribution in [0.1, 0.15) is 24.1 Å². The summed E-state index contributed by atoms with van der Waals surface area (Å²) in [6, 6.07) is 10.3. The van der Waals surface area contributed by atoms with E-state index in [0.717, 1.165) is 23.0 Å². The van der Waals surface area contributed by atoms with E-state index in [2.05, 4.69) is 45.3 Å². The molecule has 1 unspecified atom stereocenters. The van der Waals surface area contributed by atoms with E-state index in [1.54, 1.807) is 6.20 Å². The first-order valence-corrected chi connectivity index (χ1v) is 7.66. The van der Waals surface area contributed by atoms with E-state index in [4.69, 9.17) is 17.3 Å². The maximum atomic E-state index is 6.03. The standard InChI is InChI=1S/C15H17BrClN3/c1-2-19-14(7-10-3-5-11(16)6-4-10)13-8-12(17)9-20-15(13)18/h3-6,8-9,14,19H,2,7H2,1H3,(H2,18,20). The minimum absolute atomic E-state index is 0.104. The number of rotatable bonds is 5. The summed E-state index contributed by atoms with van der Waals surface area (Å²) < 4.78 is 1.07. The number of halogens is 2. The summed E-state index contributed by atoms with van der Waals surface area (Å²) in [4.78, 5) is 4.14. The van der Waals surface area contributed by atoms with Crippen LogP contribution in [0.4, 0.5) is 5.82 Å². The number of nitrogens with zero attached hydrogens (tertiary/aromatic N) is 1. The molecule has 20 heavy (non-hydrogen) atoms. The van der Waals surface area contributed by atoms with Gasteiger partial charge < -0.3 is 11.1 Å². The minimum atomic E-state index is 0.104. The molecule has 2 rings (SSSR count). The van der Waals surface area contributed by atoms with E-state index >= 15 is 0 Å². The SMILES string of the molecule is CCNC(Cc1ccc(Br)cc1)c1cc(Cl)cnc1N. The van der Waals surface area contributed by atoms with Crippen molar-refractivity contribution in [1.82, 2.24) is 10.3 Å². The Bertz CT molecular complexity index is 572. The Hall–Kier alpha value is -1.10. The number of nitrogens with two attached hydrogens (primary N) is 1. The van der Waals surface area contributed by atoms with Crippen LogP contribution in [0.2, 0.25) is 5.02 Å². The van der Waals surface area contributed by atoms with Gasteiger partial charge in [-0.15, -0.1) is 0 Å². The zero-order valence-corrected chi connectivity index (χ0v) is 13.6. The van der Waals surface area contributed by atoms with Gasteiger partial charge in [0, 0.05) is 22.3 Å². The third kappa shape index (κ3) is 3.95. The van der Waals surface area contributed by atoms with E-state index in [9.17, 15) is 0 Å². The zero-order valence-electron chi connectivity index (χ0n) is 11.2. The van der Waals surface area contributed by atoms with Crippen molar-refractivity contribution >= 4 is 33.3 Å². The summed E-state index contributed by atoms with van der Waals surface area (Å²) in [6.07, 6.45) is 2.41. The van der Waals surface area contributed by atoms with Gasteiger partial charge in [0.15, 0.2) is 0 Å². The van der Waals surface area contributed by atoms with Gasteiger partial charge in [-0.25, -0.2) is 4.98 Å². The largest absolute Gasteiger partial charge is 0.383 e. The maximum Gasteiger partial charge on any atom is 0.128 e. The Morgan fingerprint density at radius 3 is 2.70 bits per heavy atom. The highest BCUT2D eigenvalue weighted by Crippen LogP contribution is 2.25. The van der Waals surface area contributed by atoms with Gasteiger partial charge in [-0.2, -0.15) is 0 Å². The second kappa shape index (κ2) is 7.07. The molecule has 0 aliphatic rings. The van der Waals surface area contributed by atoms with Crippen molar-refractivity contribution in [3.8, 4) is 0 Å². The fourth-order valence-electron chi connectivity index (χ4n) is 2.14. The normalized spacial score (nSPS) is 12.3. The molecule has 0 aliphatic carbocycles. The van der Waals surface area contributed by atoms with Crippen LogP contribution in [-0.2, 0) is 6.42 Å². The molecule has 106 valence electrons. The van der Waals surface area contributed by atoms with Gasteiger partial charge >= 0.3 is 0 Å². The fraction of sp³-hybridized carbons (Fsp3) is 0.267. The van der Waals surface area contributed by atoms with Gasteiger partial charge in [-0.05, 0) is 36.7 Å². The number of hydrogen-bond acceptors (Lipinski definition) is 3. The molecule has 1 atom stereocenters. The van der Waals surface area contributed by atoms with E-state index in [-0.39, 0.29) is 6.04 Å². The fourth-order valence-corrected chi connectivity index (χ4v) is 2.57. The number of likely N-dealkylation sites (N-methyl/N-ethyl adjacent to an activating group) is 1. The highest BCUT2D eigenvalue weighted by atomic mass is 79.9. The molecule has 0 fully saturated rings. The molecule has 0 bridgehead atoms. The molecular weight excluding hydrogens is 338 g/mol. The lowest BCUT2D eigenvalue weighted by Gasteiger charge is -2.20. The molecule has 1 aromatic heterocycles. The van der Waals surface area contributed by atoms with Crippen LogP contribution in [0.15, 0.2) is 41.0 Å². The van der Waals surface area contributed by atoms with Crippen molar-refractivity contribution in [3.63, 3.8) is 0 Å². The van der Waals surface area contributed by atoms with Crippen LogP contribution in [0.5, 0.6) is 0 Å². The molecular formula is C15H17BrClN3. The molecule has 3 nitrogen and oxygen atoms in total. The Labute approximate surface area is 132 Å². The first kappa shape index (κ1) is 15.3. The van der Waals surface area contributed by atoms with Crippen molar-refractivity contribution in [3.05, 3.63) is 57.2 Å². The third-order valence-electron chi connectivity index (χ3n) is 3.10. The smallest absolute Gasteiger partial charge is 0.128 e. The number of pyridine rings is 1. The number of aromatic nitrogens is 1. The summed E-state index contributed by atoms with van der Waals surface area (Å²) in [5.74, 6) is 0.525. The van der Waals surface area contributed by atoms with Crippen LogP contribution in [0.3, 0.4) is 0 Å². The second-order valence-corrected chi connectivity index (χ2v) is 5.92. The highest BCUT2D eigenvalue weighted by molar-refractivity contribution is 9.10. The Morgan fingerprint density at radius 1 is 1.35 bits per heavy atom. The number of hydrogen-bond donors (Lipinski definition) is 2. The van der Waals surface area contributed by atoms with Crippen molar-refractivity contribution in [2.24, 2.45) is 0 Å². The Kier molecular flexibility index (Phi) is 5.40. The summed E-state index contributed by atoms with van der Waals surface area (Å²) >= 11 is 9.48. The zero-order chi connectivity index (χ0) is 14.5. The van der Waals surface area contributed by atoms with Gasteiger partial charge in [0.25, 0.3) is 0 Å². The molecule has 3 N–H and O–H groups in total. The highest BCUT2D eigenvalue weighted by Gasteiger charge is 2.15. The Morgan fingerprint density at radius 2 is 2.05 bits per heavy atom. The summed E-state index contributed by atoms with van der Waals surface area (Å²) in [7, 11) is 0. The van der Waals surface area contributed by atoms with Gasteiger partial charge in [0.2, 0.25) is 0 Å².